The monoisotopic (exact) mass is 246 g/mol. The van der Waals surface area contributed by atoms with Gasteiger partial charge < -0.3 is 14.5 Å². The van der Waals surface area contributed by atoms with Crippen molar-refractivity contribution in [1.82, 2.24) is 9.97 Å². The van der Waals surface area contributed by atoms with E-state index in [0.717, 1.165) is 30.0 Å². The fraction of sp³-hybridized carbons (Fsp3) is 0.357. The number of aryl methyl sites for hydroxylation is 1. The van der Waals surface area contributed by atoms with Crippen molar-refractivity contribution in [2.45, 2.75) is 19.8 Å². The van der Waals surface area contributed by atoms with Crippen molar-refractivity contribution in [3.8, 4) is 11.5 Å². The van der Waals surface area contributed by atoms with E-state index in [2.05, 4.69) is 9.97 Å². The fourth-order valence-corrected chi connectivity index (χ4v) is 1.67. The van der Waals surface area contributed by atoms with Crippen LogP contribution in [0.2, 0.25) is 0 Å². The standard InChI is InChI=1S/C14H18N2O2/c1-2-17-13-5-7-14(8-6-13)18-9-3-4-12-10-15-11-16-12/h5-8,10-11H,2-4,9H2,1H3,(H,15,16). The average molecular weight is 246 g/mol. The van der Waals surface area contributed by atoms with Crippen molar-refractivity contribution in [2.24, 2.45) is 0 Å². The Labute approximate surface area is 107 Å². The summed E-state index contributed by atoms with van der Waals surface area (Å²) in [5.74, 6) is 1.75. The van der Waals surface area contributed by atoms with Crippen LogP contribution in [0, 0.1) is 0 Å². The molecule has 2 aromatic rings. The lowest BCUT2D eigenvalue weighted by atomic mass is 10.2. The number of rotatable bonds is 7. The van der Waals surface area contributed by atoms with Gasteiger partial charge >= 0.3 is 0 Å². The second kappa shape index (κ2) is 6.69. The molecule has 0 unspecified atom stereocenters. The summed E-state index contributed by atoms with van der Waals surface area (Å²) in [4.78, 5) is 7.11. The van der Waals surface area contributed by atoms with Gasteiger partial charge in [0.05, 0.1) is 25.2 Å². The molecule has 0 aliphatic carbocycles. The van der Waals surface area contributed by atoms with Crippen LogP contribution in [0.15, 0.2) is 36.8 Å². The van der Waals surface area contributed by atoms with Crippen molar-refractivity contribution in [2.75, 3.05) is 13.2 Å². The Morgan fingerprint density at radius 2 is 1.83 bits per heavy atom. The maximum absolute atomic E-state index is 5.64. The summed E-state index contributed by atoms with van der Waals surface area (Å²) in [5.41, 5.74) is 1.07. The normalized spacial score (nSPS) is 10.3. The first kappa shape index (κ1) is 12.5. The maximum atomic E-state index is 5.64. The molecule has 0 bridgehead atoms. The zero-order chi connectivity index (χ0) is 12.6. The van der Waals surface area contributed by atoms with E-state index < -0.39 is 0 Å². The molecule has 18 heavy (non-hydrogen) atoms. The third-order valence-electron chi connectivity index (χ3n) is 2.54. The van der Waals surface area contributed by atoms with Crippen LogP contribution in [0.3, 0.4) is 0 Å². The molecule has 2 rings (SSSR count). The van der Waals surface area contributed by atoms with Crippen LogP contribution in [-0.4, -0.2) is 23.2 Å². The number of ether oxygens (including phenoxy) is 2. The highest BCUT2D eigenvalue weighted by atomic mass is 16.5. The molecule has 1 N–H and O–H groups in total. The minimum Gasteiger partial charge on any atom is -0.494 e. The molecule has 96 valence electrons. The first-order chi connectivity index (χ1) is 8.88. The summed E-state index contributed by atoms with van der Waals surface area (Å²) in [6.07, 6.45) is 5.50. The lowest BCUT2D eigenvalue weighted by Gasteiger charge is -2.07. The molecule has 0 saturated carbocycles. The summed E-state index contributed by atoms with van der Waals surface area (Å²) < 4.78 is 11.0. The van der Waals surface area contributed by atoms with Gasteiger partial charge in [-0.25, -0.2) is 4.98 Å². The molecule has 0 aliphatic heterocycles. The van der Waals surface area contributed by atoms with E-state index in [0.29, 0.717) is 13.2 Å². The van der Waals surface area contributed by atoms with E-state index in [9.17, 15) is 0 Å². The number of H-pyrrole nitrogens is 1. The first-order valence-corrected chi connectivity index (χ1v) is 6.22. The molecule has 0 amide bonds. The van der Waals surface area contributed by atoms with Crippen LogP contribution in [0.5, 0.6) is 11.5 Å². The highest BCUT2D eigenvalue weighted by molar-refractivity contribution is 5.31. The predicted octanol–water partition coefficient (Wildman–Crippen LogP) is 2.82. The molecule has 0 spiro atoms. The smallest absolute Gasteiger partial charge is 0.119 e. The fourth-order valence-electron chi connectivity index (χ4n) is 1.67. The van der Waals surface area contributed by atoms with Gasteiger partial charge in [-0.15, -0.1) is 0 Å². The average Bonchev–Trinajstić information content (AvgIpc) is 2.90. The Balaban J connectivity index is 1.69. The molecule has 0 atom stereocenters. The lowest BCUT2D eigenvalue weighted by molar-refractivity contribution is 0.308. The quantitative estimate of drug-likeness (QED) is 0.764. The van der Waals surface area contributed by atoms with Gasteiger partial charge in [-0.05, 0) is 44.0 Å². The van der Waals surface area contributed by atoms with Crippen LogP contribution in [-0.2, 0) is 6.42 Å². The maximum Gasteiger partial charge on any atom is 0.119 e. The van der Waals surface area contributed by atoms with Gasteiger partial charge in [0.2, 0.25) is 0 Å². The van der Waals surface area contributed by atoms with Crippen molar-refractivity contribution >= 4 is 0 Å². The van der Waals surface area contributed by atoms with E-state index in [-0.39, 0.29) is 0 Å². The highest BCUT2D eigenvalue weighted by Gasteiger charge is 1.97. The van der Waals surface area contributed by atoms with Gasteiger partial charge in [0.1, 0.15) is 11.5 Å². The molecule has 0 saturated heterocycles. The van der Waals surface area contributed by atoms with E-state index in [4.69, 9.17) is 9.47 Å². The van der Waals surface area contributed by atoms with Crippen molar-refractivity contribution in [1.29, 1.82) is 0 Å². The zero-order valence-corrected chi connectivity index (χ0v) is 10.6. The molecule has 4 heteroatoms. The number of aromatic nitrogens is 2. The van der Waals surface area contributed by atoms with Crippen LogP contribution >= 0.6 is 0 Å². The third kappa shape index (κ3) is 3.80. The van der Waals surface area contributed by atoms with E-state index in [1.165, 1.54) is 0 Å². The van der Waals surface area contributed by atoms with Crippen molar-refractivity contribution in [3.05, 3.63) is 42.5 Å². The molecule has 0 aliphatic rings. The third-order valence-corrected chi connectivity index (χ3v) is 2.54. The summed E-state index contributed by atoms with van der Waals surface area (Å²) in [6.45, 7) is 3.35. The number of benzene rings is 1. The molecule has 0 fully saturated rings. The Hall–Kier alpha value is -1.97. The number of aromatic amines is 1. The second-order valence-corrected chi connectivity index (χ2v) is 3.92. The minimum absolute atomic E-state index is 0.684. The molecular weight excluding hydrogens is 228 g/mol. The first-order valence-electron chi connectivity index (χ1n) is 6.22. The second-order valence-electron chi connectivity index (χ2n) is 3.92. The van der Waals surface area contributed by atoms with E-state index >= 15 is 0 Å². The summed E-state index contributed by atoms with van der Waals surface area (Å²) in [7, 11) is 0. The number of imidazole rings is 1. The SMILES string of the molecule is CCOc1ccc(OCCCc2c[nH]cn2)cc1. The van der Waals surface area contributed by atoms with Crippen LogP contribution < -0.4 is 9.47 Å². The minimum atomic E-state index is 0.684. The summed E-state index contributed by atoms with van der Waals surface area (Å²) in [5, 5.41) is 0. The Bertz CT molecular complexity index is 437. The molecule has 1 aromatic carbocycles. The molecular formula is C14H18N2O2. The number of hydrogen-bond donors (Lipinski definition) is 1. The summed E-state index contributed by atoms with van der Waals surface area (Å²) >= 11 is 0. The highest BCUT2D eigenvalue weighted by Crippen LogP contribution is 2.17. The van der Waals surface area contributed by atoms with Crippen LogP contribution in [0.4, 0.5) is 0 Å². The van der Waals surface area contributed by atoms with Gasteiger partial charge in [-0.1, -0.05) is 0 Å². The number of nitrogens with one attached hydrogen (secondary N) is 1. The largest absolute Gasteiger partial charge is 0.494 e. The summed E-state index contributed by atoms with van der Waals surface area (Å²) in [6, 6.07) is 7.71. The topological polar surface area (TPSA) is 47.1 Å². The Kier molecular flexibility index (Phi) is 4.64. The Morgan fingerprint density at radius 3 is 2.44 bits per heavy atom. The van der Waals surface area contributed by atoms with E-state index in [1.807, 2.05) is 37.4 Å². The van der Waals surface area contributed by atoms with Gasteiger partial charge in [0.25, 0.3) is 0 Å². The molecule has 1 heterocycles. The van der Waals surface area contributed by atoms with Crippen molar-refractivity contribution in [3.63, 3.8) is 0 Å². The van der Waals surface area contributed by atoms with Gasteiger partial charge in [0, 0.05) is 6.20 Å². The molecule has 0 radical (unpaired) electrons. The molecule has 1 aromatic heterocycles. The lowest BCUT2D eigenvalue weighted by Crippen LogP contribution is -1.99. The Morgan fingerprint density at radius 1 is 1.11 bits per heavy atom. The van der Waals surface area contributed by atoms with Gasteiger partial charge in [-0.3, -0.25) is 0 Å². The number of hydrogen-bond acceptors (Lipinski definition) is 3. The predicted molar refractivity (Wildman–Crippen MR) is 70.0 cm³/mol. The van der Waals surface area contributed by atoms with Crippen LogP contribution in [0.1, 0.15) is 19.0 Å². The zero-order valence-electron chi connectivity index (χ0n) is 10.6. The van der Waals surface area contributed by atoms with Gasteiger partial charge in [-0.2, -0.15) is 0 Å². The van der Waals surface area contributed by atoms with Gasteiger partial charge in [0.15, 0.2) is 0 Å². The van der Waals surface area contributed by atoms with E-state index in [1.54, 1.807) is 6.33 Å². The molecule has 4 nitrogen and oxygen atoms in total. The van der Waals surface area contributed by atoms with Crippen molar-refractivity contribution < 1.29 is 9.47 Å². The number of nitrogens with zero attached hydrogens (tertiary/aromatic N) is 1. The van der Waals surface area contributed by atoms with Crippen LogP contribution in [0.25, 0.3) is 0 Å².